The fraction of sp³-hybridized carbons (Fsp3) is 0.385. The van der Waals surface area contributed by atoms with Gasteiger partial charge in [0.05, 0.1) is 17.4 Å². The van der Waals surface area contributed by atoms with Gasteiger partial charge in [0.15, 0.2) is 0 Å². The summed E-state index contributed by atoms with van der Waals surface area (Å²) in [5.41, 5.74) is 6.12. The number of benzene rings is 2. The van der Waals surface area contributed by atoms with E-state index in [0.717, 1.165) is 47.2 Å². The maximum atomic E-state index is 14.1. The monoisotopic (exact) mass is 436 g/mol. The molecule has 0 radical (unpaired) electrons. The Kier molecular flexibility index (Phi) is 6.51. The maximum Gasteiger partial charge on any atom is 0.273 e. The Morgan fingerprint density at radius 3 is 2.75 bits per heavy atom. The summed E-state index contributed by atoms with van der Waals surface area (Å²) in [4.78, 5) is 2.30. The van der Waals surface area contributed by atoms with Gasteiger partial charge in [-0.2, -0.15) is 10.2 Å². The summed E-state index contributed by atoms with van der Waals surface area (Å²) < 4.78 is 28.2. The van der Waals surface area contributed by atoms with E-state index in [1.54, 1.807) is 18.3 Å². The number of nitrogens with one attached hydrogen (secondary N) is 1. The Labute approximate surface area is 188 Å². The van der Waals surface area contributed by atoms with Gasteiger partial charge in [-0.05, 0) is 54.3 Å². The molecule has 0 saturated carbocycles. The Bertz CT molecular complexity index is 1140. The van der Waals surface area contributed by atoms with Crippen molar-refractivity contribution in [3.8, 4) is 0 Å². The molecule has 1 aromatic heterocycles. The Balaban J connectivity index is 0.00000119. The topological polar surface area (TPSA) is 41.1 Å². The highest BCUT2D eigenvalue weighted by Crippen LogP contribution is 2.42. The fourth-order valence-electron chi connectivity index (χ4n) is 4.48. The van der Waals surface area contributed by atoms with Gasteiger partial charge in [-0.1, -0.05) is 44.2 Å². The molecule has 4 nitrogen and oxygen atoms in total. The number of nitrogens with zero attached hydrogens (tertiary/aromatic N) is 3. The summed E-state index contributed by atoms with van der Waals surface area (Å²) in [6.07, 6.45) is 5.33. The van der Waals surface area contributed by atoms with E-state index < -0.39 is 5.92 Å². The molecule has 2 heterocycles. The molecule has 0 spiro atoms. The lowest BCUT2D eigenvalue weighted by Gasteiger charge is -2.22. The molecule has 1 N–H and O–H groups in total. The van der Waals surface area contributed by atoms with E-state index in [1.165, 1.54) is 11.1 Å². The van der Waals surface area contributed by atoms with Crippen LogP contribution >= 0.6 is 0 Å². The van der Waals surface area contributed by atoms with E-state index in [1.807, 2.05) is 26.0 Å². The van der Waals surface area contributed by atoms with Crippen LogP contribution in [0.15, 0.2) is 48.7 Å². The molecule has 1 aliphatic heterocycles. The number of hydrogen-bond donors (Lipinski definition) is 1. The molecule has 5 rings (SSSR count). The van der Waals surface area contributed by atoms with Gasteiger partial charge in [-0.3, -0.25) is 0 Å². The van der Waals surface area contributed by atoms with Crippen molar-refractivity contribution in [2.75, 3.05) is 25.5 Å². The third kappa shape index (κ3) is 4.37. The average Bonchev–Trinajstić information content (AvgIpc) is 3.14. The minimum Gasteiger partial charge on any atom is -0.379 e. The molecule has 6 heteroatoms. The van der Waals surface area contributed by atoms with Gasteiger partial charge in [-0.25, -0.2) is 8.78 Å². The molecule has 0 fully saturated rings. The lowest BCUT2D eigenvalue weighted by molar-refractivity contribution is -0.00184. The van der Waals surface area contributed by atoms with Crippen LogP contribution in [0, 0.1) is 0 Å². The Morgan fingerprint density at radius 1 is 1.12 bits per heavy atom. The van der Waals surface area contributed by atoms with Crippen LogP contribution in [0.4, 0.5) is 14.5 Å². The van der Waals surface area contributed by atoms with Crippen molar-refractivity contribution in [2.24, 2.45) is 0 Å². The van der Waals surface area contributed by atoms with Gasteiger partial charge in [0.2, 0.25) is 0 Å². The maximum absolute atomic E-state index is 14.1. The number of halogens is 2. The molecule has 32 heavy (non-hydrogen) atoms. The first-order chi connectivity index (χ1) is 15.5. The normalized spacial score (nSPS) is 17.3. The first-order valence-corrected chi connectivity index (χ1v) is 11.4. The van der Waals surface area contributed by atoms with Crippen LogP contribution in [0.2, 0.25) is 0 Å². The molecule has 0 saturated heterocycles. The molecule has 1 aliphatic carbocycles. The highest BCUT2D eigenvalue weighted by atomic mass is 19.3. The minimum atomic E-state index is -2.72. The van der Waals surface area contributed by atoms with Gasteiger partial charge in [0, 0.05) is 37.0 Å². The summed E-state index contributed by atoms with van der Waals surface area (Å²) in [6, 6.07) is 11.5. The molecule has 0 bridgehead atoms. The van der Waals surface area contributed by atoms with Crippen LogP contribution in [0.25, 0.3) is 16.5 Å². The lowest BCUT2D eigenvalue weighted by atomic mass is 9.98. The second kappa shape index (κ2) is 9.33. The van der Waals surface area contributed by atoms with E-state index in [0.29, 0.717) is 13.0 Å². The van der Waals surface area contributed by atoms with Crippen molar-refractivity contribution in [3.63, 3.8) is 0 Å². The fourth-order valence-corrected chi connectivity index (χ4v) is 4.48. The van der Waals surface area contributed by atoms with E-state index in [2.05, 4.69) is 45.7 Å². The van der Waals surface area contributed by atoms with E-state index in [9.17, 15) is 8.78 Å². The molecule has 2 aliphatic rings. The third-order valence-corrected chi connectivity index (χ3v) is 6.25. The highest BCUT2D eigenvalue weighted by molar-refractivity contribution is 5.93. The highest BCUT2D eigenvalue weighted by Gasteiger charge is 2.39. The lowest BCUT2D eigenvalue weighted by Crippen LogP contribution is -2.23. The molecule has 0 atom stereocenters. The van der Waals surface area contributed by atoms with Crippen LogP contribution < -0.4 is 5.32 Å². The predicted molar refractivity (Wildman–Crippen MR) is 127 cm³/mol. The van der Waals surface area contributed by atoms with Gasteiger partial charge in [-0.15, -0.1) is 0 Å². The van der Waals surface area contributed by atoms with E-state index in [4.69, 9.17) is 0 Å². The Morgan fingerprint density at radius 2 is 1.97 bits per heavy atom. The number of fused-ring (bicyclic) bond motifs is 2. The molecule has 0 unspecified atom stereocenters. The first-order valence-electron chi connectivity index (χ1n) is 11.4. The predicted octanol–water partition coefficient (Wildman–Crippen LogP) is 6.03. The number of alkyl halides is 2. The van der Waals surface area contributed by atoms with Crippen LogP contribution in [-0.4, -0.2) is 35.2 Å². The number of likely N-dealkylation sites (N-methyl/N-ethyl adjacent to an activating group) is 1. The van der Waals surface area contributed by atoms with Crippen LogP contribution in [-0.2, 0) is 18.9 Å². The number of rotatable bonds is 4. The van der Waals surface area contributed by atoms with E-state index >= 15 is 0 Å². The number of hydrogen-bond acceptors (Lipinski definition) is 4. The summed E-state index contributed by atoms with van der Waals surface area (Å²) in [6.45, 7) is 6.49. The average molecular weight is 437 g/mol. The molecular weight excluding hydrogens is 406 g/mol. The van der Waals surface area contributed by atoms with Crippen molar-refractivity contribution in [1.29, 1.82) is 0 Å². The van der Waals surface area contributed by atoms with Crippen molar-refractivity contribution < 1.29 is 8.78 Å². The van der Waals surface area contributed by atoms with Crippen molar-refractivity contribution in [3.05, 3.63) is 70.9 Å². The van der Waals surface area contributed by atoms with Crippen molar-refractivity contribution in [2.45, 2.75) is 45.6 Å². The molecule has 2 aromatic carbocycles. The zero-order valence-corrected chi connectivity index (χ0v) is 19.0. The molecule has 0 amide bonds. The van der Waals surface area contributed by atoms with Crippen molar-refractivity contribution in [1.82, 2.24) is 15.1 Å². The molecule has 3 aromatic rings. The zero-order valence-electron chi connectivity index (χ0n) is 19.0. The second-order valence-corrected chi connectivity index (χ2v) is 8.23. The second-order valence-electron chi connectivity index (χ2n) is 8.23. The quantitative estimate of drug-likeness (QED) is 0.543. The number of anilines is 1. The third-order valence-electron chi connectivity index (χ3n) is 6.25. The van der Waals surface area contributed by atoms with Crippen molar-refractivity contribution >= 4 is 22.2 Å². The standard InChI is InChI=1S/C24H24F2N4.C2H6/c1-30-11-8-16(9-12-30)17-5-6-22-20(13-17)23(15-28-29-22)27-14-18-3-2-4-21-19(18)7-10-24(21,25)26;1-2/h2-6,8,13,15H,7,9-12,14H2,1H3,(H,27,29);1-2H3. The molecule has 168 valence electrons. The summed E-state index contributed by atoms with van der Waals surface area (Å²) in [5.74, 6) is -2.72. The van der Waals surface area contributed by atoms with Crippen LogP contribution in [0.3, 0.4) is 0 Å². The summed E-state index contributed by atoms with van der Waals surface area (Å²) in [5, 5.41) is 12.8. The van der Waals surface area contributed by atoms with E-state index in [-0.39, 0.29) is 12.0 Å². The smallest absolute Gasteiger partial charge is 0.273 e. The number of aromatic nitrogens is 2. The SMILES string of the molecule is CC.CN1CC=C(c2ccc3nncc(NCc4cccc5c4CCC5(F)F)c3c2)CC1. The largest absolute Gasteiger partial charge is 0.379 e. The summed E-state index contributed by atoms with van der Waals surface area (Å²) >= 11 is 0. The minimum absolute atomic E-state index is 0.104. The van der Waals surface area contributed by atoms with Crippen LogP contribution in [0.1, 0.15) is 48.9 Å². The van der Waals surface area contributed by atoms with Crippen LogP contribution in [0.5, 0.6) is 0 Å². The van der Waals surface area contributed by atoms with Gasteiger partial charge < -0.3 is 10.2 Å². The summed E-state index contributed by atoms with van der Waals surface area (Å²) in [7, 11) is 2.13. The van der Waals surface area contributed by atoms with Gasteiger partial charge in [0.25, 0.3) is 5.92 Å². The molecular formula is C26H30F2N4. The van der Waals surface area contributed by atoms with Gasteiger partial charge in [0.1, 0.15) is 0 Å². The zero-order chi connectivity index (χ0) is 22.7. The van der Waals surface area contributed by atoms with Gasteiger partial charge >= 0.3 is 0 Å². The first kappa shape index (κ1) is 22.3. The Hall–Kier alpha value is -2.86.